The number of carbonyl (C=O) groups is 4. The number of nitrogens with two attached hydrogens (primary N) is 1. The quantitative estimate of drug-likeness (QED) is 0.205. The highest BCUT2D eigenvalue weighted by Crippen LogP contribution is 2.52. The van der Waals surface area contributed by atoms with E-state index in [9.17, 15) is 39.6 Å². The number of likely N-dealkylation sites (N-methyl/N-ethyl adjacent to an activating group) is 1. The van der Waals surface area contributed by atoms with Crippen molar-refractivity contribution in [3.8, 4) is 5.75 Å². The van der Waals surface area contributed by atoms with Crippen LogP contribution in [-0.2, 0) is 16.0 Å². The summed E-state index contributed by atoms with van der Waals surface area (Å²) in [6.07, 6.45) is 1.69. The highest BCUT2D eigenvalue weighted by atomic mass is 16.3. The largest absolute Gasteiger partial charge is 0.510 e. The van der Waals surface area contributed by atoms with Gasteiger partial charge in [0.1, 0.15) is 22.8 Å². The predicted octanol–water partition coefficient (Wildman–Crippen LogP) is 1.08. The number of carbonyl (C=O) groups excluding carboxylic acids is 4. The van der Waals surface area contributed by atoms with E-state index in [1.54, 1.807) is 14.1 Å². The van der Waals surface area contributed by atoms with E-state index in [2.05, 4.69) is 5.32 Å². The average molecular weight is 542 g/mol. The van der Waals surface area contributed by atoms with E-state index < -0.39 is 63.8 Å². The number of nitrogens with one attached hydrogen (secondary N) is 1. The number of phenols is 1. The smallest absolute Gasteiger partial charge is 0.255 e. The summed E-state index contributed by atoms with van der Waals surface area (Å²) in [6.45, 7) is 4.05. The lowest BCUT2D eigenvalue weighted by Crippen LogP contribution is -2.63. The Labute approximate surface area is 226 Å². The van der Waals surface area contributed by atoms with Crippen LogP contribution in [0.4, 0.5) is 0 Å². The van der Waals surface area contributed by atoms with E-state index in [1.807, 2.05) is 13.8 Å². The van der Waals surface area contributed by atoms with Crippen LogP contribution in [0.5, 0.6) is 5.75 Å². The first-order valence-corrected chi connectivity index (χ1v) is 13.1. The number of primary amides is 1. The van der Waals surface area contributed by atoms with Crippen LogP contribution in [0.2, 0.25) is 0 Å². The number of Topliss-reactive ketones (excluding diaryl/α,β-unsaturated/α-hetero) is 3. The second-order valence-electron chi connectivity index (χ2n) is 10.8. The Hall–Kier alpha value is -3.54. The number of fused-ring (bicyclic) bond motifs is 3. The molecule has 1 amide bonds. The Morgan fingerprint density at radius 1 is 1.15 bits per heavy atom. The third-order valence-electron chi connectivity index (χ3n) is 8.44. The Morgan fingerprint density at radius 2 is 1.79 bits per heavy atom. The van der Waals surface area contributed by atoms with Gasteiger partial charge in [0, 0.05) is 23.1 Å². The van der Waals surface area contributed by atoms with Gasteiger partial charge in [-0.25, -0.2) is 0 Å². The maximum absolute atomic E-state index is 13.7. The zero-order valence-electron chi connectivity index (χ0n) is 22.4. The molecule has 0 aromatic heterocycles. The number of phenolic OH excluding ortho intramolecular Hbond substituents is 1. The molecule has 39 heavy (non-hydrogen) atoms. The number of amides is 1. The molecule has 0 fully saturated rings. The average Bonchev–Trinajstić information content (AvgIpc) is 2.86. The first kappa shape index (κ1) is 28.5. The van der Waals surface area contributed by atoms with Crippen molar-refractivity contribution in [2.45, 2.75) is 57.2 Å². The number of rotatable bonds is 8. The van der Waals surface area contributed by atoms with Crippen LogP contribution in [-0.4, -0.2) is 86.9 Å². The third kappa shape index (κ3) is 4.25. The van der Waals surface area contributed by atoms with Crippen LogP contribution in [0.1, 0.15) is 59.4 Å². The van der Waals surface area contributed by atoms with Gasteiger partial charge in [-0.15, -0.1) is 0 Å². The van der Waals surface area contributed by atoms with Gasteiger partial charge in [-0.2, -0.15) is 0 Å². The topological polar surface area (TPSA) is 190 Å². The first-order valence-electron chi connectivity index (χ1n) is 13.1. The minimum atomic E-state index is -2.70. The number of nitrogens with zero attached hydrogens (tertiary/aromatic N) is 1. The van der Waals surface area contributed by atoms with Gasteiger partial charge in [0.15, 0.2) is 17.2 Å². The van der Waals surface area contributed by atoms with E-state index >= 15 is 0 Å². The van der Waals surface area contributed by atoms with Crippen LogP contribution in [0, 0.1) is 11.8 Å². The molecule has 0 saturated heterocycles. The van der Waals surface area contributed by atoms with Gasteiger partial charge in [0.25, 0.3) is 5.91 Å². The minimum Gasteiger partial charge on any atom is -0.510 e. The second-order valence-corrected chi connectivity index (χ2v) is 10.8. The number of ketones is 3. The summed E-state index contributed by atoms with van der Waals surface area (Å²) < 4.78 is 0. The van der Waals surface area contributed by atoms with Crippen LogP contribution >= 0.6 is 0 Å². The van der Waals surface area contributed by atoms with Gasteiger partial charge in [-0.3, -0.25) is 24.1 Å². The molecule has 0 spiro atoms. The molecule has 3 aliphatic carbocycles. The summed E-state index contributed by atoms with van der Waals surface area (Å²) in [4.78, 5) is 53.9. The molecule has 0 saturated carbocycles. The highest BCUT2D eigenvalue weighted by molar-refractivity contribution is 6.25. The monoisotopic (exact) mass is 541 g/mol. The molecule has 0 aliphatic heterocycles. The molecule has 0 unspecified atom stereocenters. The fraction of sp³-hybridized carbons (Fsp3) is 0.500. The molecule has 210 valence electrons. The standard InChI is InChI=1S/C28H35N3O8/c1-5-13(6-2)30-11-18(33)14-7-8-17(32)20-15(14)9-12-10-16-22(31(3)4)24(35)21(27(29)38)26(37)28(16,39)25(36)19(12)23(20)34/h7-8,12-13,16,22,30,32,35-36,39H,5-6,9-11H2,1-4H3,(H2,29,38)/t12-,16-,22-,28-/m0/s1. The van der Waals surface area contributed by atoms with Gasteiger partial charge in [-0.05, 0) is 63.4 Å². The molecule has 3 aliphatic rings. The minimum absolute atomic E-state index is 0.0323. The van der Waals surface area contributed by atoms with E-state index in [1.165, 1.54) is 17.0 Å². The Morgan fingerprint density at radius 3 is 2.36 bits per heavy atom. The van der Waals surface area contributed by atoms with Gasteiger partial charge in [-0.1, -0.05) is 13.8 Å². The molecular formula is C28H35N3O8. The van der Waals surface area contributed by atoms with E-state index in [-0.39, 0.29) is 47.9 Å². The zero-order valence-corrected chi connectivity index (χ0v) is 22.4. The fourth-order valence-corrected chi connectivity index (χ4v) is 6.42. The van der Waals surface area contributed by atoms with E-state index in [0.29, 0.717) is 5.56 Å². The van der Waals surface area contributed by atoms with Crippen LogP contribution in [0.25, 0.3) is 0 Å². The Kier molecular flexibility index (Phi) is 7.46. The SMILES string of the molecule is CCC(CC)NCC(=O)c1ccc(O)c2c1C[C@H]1C[C@H]3[C@H](N(C)C)C(O)=C(C(N)=O)C(=O)[C@@]3(O)C(O)=C1C2=O. The molecule has 0 bridgehead atoms. The van der Waals surface area contributed by atoms with Crippen molar-refractivity contribution >= 4 is 23.3 Å². The molecule has 0 radical (unpaired) electrons. The molecular weight excluding hydrogens is 506 g/mol. The molecule has 1 aromatic carbocycles. The van der Waals surface area contributed by atoms with Crippen LogP contribution in [0.3, 0.4) is 0 Å². The third-order valence-corrected chi connectivity index (χ3v) is 8.44. The van der Waals surface area contributed by atoms with Crippen molar-refractivity contribution in [1.82, 2.24) is 10.2 Å². The van der Waals surface area contributed by atoms with Crippen molar-refractivity contribution in [3.63, 3.8) is 0 Å². The Balaban J connectivity index is 1.84. The Bertz CT molecular complexity index is 1330. The summed E-state index contributed by atoms with van der Waals surface area (Å²) in [5, 5.41) is 47.7. The lowest BCUT2D eigenvalue weighted by Gasteiger charge is -2.50. The normalized spacial score (nSPS) is 26.6. The molecule has 1 aromatic rings. The van der Waals surface area contributed by atoms with Crippen molar-refractivity contribution < 1.29 is 39.6 Å². The molecule has 4 rings (SSSR count). The summed E-state index contributed by atoms with van der Waals surface area (Å²) in [6, 6.07) is 1.76. The predicted molar refractivity (Wildman–Crippen MR) is 140 cm³/mol. The molecule has 11 nitrogen and oxygen atoms in total. The number of aromatic hydroxyl groups is 1. The van der Waals surface area contributed by atoms with Crippen molar-refractivity contribution in [2.75, 3.05) is 20.6 Å². The molecule has 7 N–H and O–H groups in total. The fourth-order valence-electron chi connectivity index (χ4n) is 6.42. The number of hydrogen-bond acceptors (Lipinski definition) is 10. The molecule has 0 heterocycles. The van der Waals surface area contributed by atoms with E-state index in [0.717, 1.165) is 12.8 Å². The highest BCUT2D eigenvalue weighted by Gasteiger charge is 2.63. The van der Waals surface area contributed by atoms with Crippen LogP contribution < -0.4 is 11.1 Å². The maximum Gasteiger partial charge on any atom is 0.255 e. The molecule has 4 atom stereocenters. The van der Waals surface area contributed by atoms with Gasteiger partial charge < -0.3 is 31.5 Å². The van der Waals surface area contributed by atoms with E-state index in [4.69, 9.17) is 5.73 Å². The summed E-state index contributed by atoms with van der Waals surface area (Å²) in [5.41, 5.74) is 1.93. The number of benzene rings is 1. The second kappa shape index (κ2) is 10.2. The molecule has 11 heteroatoms. The number of aliphatic hydroxyl groups is 3. The zero-order chi connectivity index (χ0) is 29.0. The number of hydrogen-bond donors (Lipinski definition) is 6. The number of allylic oxidation sites excluding steroid dienone is 1. The van der Waals surface area contributed by atoms with Gasteiger partial charge >= 0.3 is 0 Å². The lowest BCUT2D eigenvalue weighted by molar-refractivity contribution is -0.148. The van der Waals surface area contributed by atoms with Crippen molar-refractivity contribution in [3.05, 3.63) is 51.5 Å². The first-order chi connectivity index (χ1) is 18.3. The maximum atomic E-state index is 13.7. The van der Waals surface area contributed by atoms with Gasteiger partial charge in [0.05, 0.1) is 18.2 Å². The summed E-state index contributed by atoms with van der Waals surface area (Å²) >= 11 is 0. The van der Waals surface area contributed by atoms with Crippen molar-refractivity contribution in [1.29, 1.82) is 0 Å². The summed E-state index contributed by atoms with van der Waals surface area (Å²) in [5.74, 6) is -7.49. The number of aliphatic hydroxyl groups excluding tert-OH is 2. The summed E-state index contributed by atoms with van der Waals surface area (Å²) in [7, 11) is 3.13. The van der Waals surface area contributed by atoms with Gasteiger partial charge in [0.2, 0.25) is 5.78 Å². The lowest BCUT2D eigenvalue weighted by atomic mass is 9.58. The van der Waals surface area contributed by atoms with Crippen molar-refractivity contribution in [2.24, 2.45) is 17.6 Å². The van der Waals surface area contributed by atoms with Crippen LogP contribution in [0.15, 0.2) is 34.8 Å².